The normalized spacial score (nSPS) is 11.6. The van der Waals surface area contributed by atoms with Gasteiger partial charge >= 0.3 is 0 Å². The lowest BCUT2D eigenvalue weighted by atomic mass is 10.4. The number of halogens is 4. The van der Waals surface area contributed by atoms with Crippen LogP contribution in [0, 0.1) is 0 Å². The first kappa shape index (κ1) is 15.7. The van der Waals surface area contributed by atoms with E-state index in [1.807, 2.05) is 0 Å². The molecule has 0 aliphatic heterocycles. The van der Waals surface area contributed by atoms with Crippen LogP contribution in [0.5, 0.6) is 0 Å². The third-order valence-electron chi connectivity index (χ3n) is 2.39. The van der Waals surface area contributed by atoms with Crippen LogP contribution in [0.2, 0.25) is 0 Å². The van der Waals surface area contributed by atoms with Crippen molar-refractivity contribution in [3.05, 3.63) is 54.3 Å². The number of rotatable bonds is 2. The maximum absolute atomic E-state index is 12.7. The molecular weight excluding hydrogens is 528 g/mol. The lowest BCUT2D eigenvalue weighted by Crippen LogP contribution is -2.04. The van der Waals surface area contributed by atoms with E-state index in [9.17, 15) is 8.42 Å². The fourth-order valence-corrected chi connectivity index (χ4v) is 6.54. The molecule has 2 nitrogen and oxygen atoms in total. The van der Waals surface area contributed by atoms with Crippen LogP contribution >= 0.6 is 63.7 Å². The maximum atomic E-state index is 12.7. The molecule has 0 unspecified atom stereocenters. The molecule has 0 aromatic heterocycles. The molecule has 0 radical (unpaired) electrons. The summed E-state index contributed by atoms with van der Waals surface area (Å²) in [6.45, 7) is 0. The highest BCUT2D eigenvalue weighted by Gasteiger charge is 2.26. The van der Waals surface area contributed by atoms with Crippen LogP contribution in [0.3, 0.4) is 0 Å². The molecule has 0 aliphatic rings. The van der Waals surface area contributed by atoms with Gasteiger partial charge in [-0.1, -0.05) is 18.2 Å². The topological polar surface area (TPSA) is 34.1 Å². The van der Waals surface area contributed by atoms with Crippen molar-refractivity contribution in [2.24, 2.45) is 0 Å². The molecule has 0 spiro atoms. The maximum Gasteiger partial charge on any atom is 0.208 e. The van der Waals surface area contributed by atoms with Crippen LogP contribution in [0.4, 0.5) is 0 Å². The molecule has 19 heavy (non-hydrogen) atoms. The SMILES string of the molecule is O=S(=O)(c1ccccc1)c1c(Br)c(Br)cc(Br)c1Br. The third kappa shape index (κ3) is 3.00. The second kappa shape index (κ2) is 5.97. The summed E-state index contributed by atoms with van der Waals surface area (Å²) in [7, 11) is -3.60. The van der Waals surface area contributed by atoms with Gasteiger partial charge in [0, 0.05) is 8.95 Å². The molecule has 100 valence electrons. The molecule has 2 rings (SSSR count). The monoisotopic (exact) mass is 530 g/mol. The van der Waals surface area contributed by atoms with Crippen molar-refractivity contribution in [1.82, 2.24) is 0 Å². The molecule has 0 saturated carbocycles. The van der Waals surface area contributed by atoms with E-state index in [4.69, 9.17) is 0 Å². The summed E-state index contributed by atoms with van der Waals surface area (Å²) in [6.07, 6.45) is 0. The smallest absolute Gasteiger partial charge is 0.208 e. The zero-order valence-electron chi connectivity index (χ0n) is 9.20. The van der Waals surface area contributed by atoms with Crippen LogP contribution in [0.1, 0.15) is 0 Å². The van der Waals surface area contributed by atoms with Crippen molar-refractivity contribution in [2.75, 3.05) is 0 Å². The highest BCUT2D eigenvalue weighted by atomic mass is 79.9. The highest BCUT2D eigenvalue weighted by molar-refractivity contribution is 9.14. The van der Waals surface area contributed by atoms with Crippen molar-refractivity contribution < 1.29 is 8.42 Å². The molecule has 0 bridgehead atoms. The van der Waals surface area contributed by atoms with Crippen molar-refractivity contribution in [3.63, 3.8) is 0 Å². The van der Waals surface area contributed by atoms with Crippen molar-refractivity contribution in [3.8, 4) is 0 Å². The van der Waals surface area contributed by atoms with E-state index in [1.54, 1.807) is 36.4 Å². The number of hydrogen-bond donors (Lipinski definition) is 0. The third-order valence-corrected chi connectivity index (χ3v) is 8.72. The van der Waals surface area contributed by atoms with Crippen LogP contribution in [-0.2, 0) is 9.84 Å². The van der Waals surface area contributed by atoms with Gasteiger partial charge in [-0.05, 0) is 81.9 Å². The predicted octanol–water partition coefficient (Wildman–Crippen LogP) is 5.57. The highest BCUT2D eigenvalue weighted by Crippen LogP contribution is 2.42. The molecule has 7 heteroatoms. The van der Waals surface area contributed by atoms with E-state index in [1.165, 1.54) is 0 Å². The van der Waals surface area contributed by atoms with Crippen LogP contribution in [-0.4, -0.2) is 8.42 Å². The summed E-state index contributed by atoms with van der Waals surface area (Å²) in [5.74, 6) is 0. The van der Waals surface area contributed by atoms with E-state index >= 15 is 0 Å². The standard InChI is InChI=1S/C12H6Br4O2S/c13-8-6-9(14)11(16)12(10(8)15)19(17,18)7-4-2-1-3-5-7/h1-6H. The minimum absolute atomic E-state index is 0.194. The first-order valence-electron chi connectivity index (χ1n) is 4.99. The van der Waals surface area contributed by atoms with Crippen molar-refractivity contribution >= 4 is 73.6 Å². The second-order valence-corrected chi connectivity index (χ2v) is 8.79. The Balaban J connectivity index is 2.80. The van der Waals surface area contributed by atoms with Crippen LogP contribution in [0.15, 0.2) is 64.1 Å². The van der Waals surface area contributed by atoms with Gasteiger partial charge in [-0.3, -0.25) is 0 Å². The van der Waals surface area contributed by atoms with E-state index in [0.29, 0.717) is 17.9 Å². The summed E-state index contributed by atoms with van der Waals surface area (Å²) in [6, 6.07) is 10.1. The van der Waals surface area contributed by atoms with Crippen LogP contribution in [0.25, 0.3) is 0 Å². The lowest BCUT2D eigenvalue weighted by Gasteiger charge is -2.12. The van der Waals surface area contributed by atoms with Gasteiger partial charge in [0.25, 0.3) is 0 Å². The van der Waals surface area contributed by atoms with E-state index < -0.39 is 9.84 Å². The molecule has 0 aliphatic carbocycles. The Kier molecular flexibility index (Phi) is 4.93. The quantitative estimate of drug-likeness (QED) is 0.473. The molecule has 0 N–H and O–H groups in total. The molecule has 0 fully saturated rings. The Bertz CT molecular complexity index is 701. The van der Waals surface area contributed by atoms with E-state index in [-0.39, 0.29) is 9.79 Å². The van der Waals surface area contributed by atoms with E-state index in [2.05, 4.69) is 63.7 Å². The van der Waals surface area contributed by atoms with Crippen LogP contribution < -0.4 is 0 Å². The Morgan fingerprint density at radius 3 is 1.74 bits per heavy atom. The van der Waals surface area contributed by atoms with E-state index in [0.717, 1.165) is 0 Å². The lowest BCUT2D eigenvalue weighted by molar-refractivity contribution is 0.595. The average Bonchev–Trinajstić information content (AvgIpc) is 2.37. The second-order valence-electron chi connectivity index (χ2n) is 3.61. The van der Waals surface area contributed by atoms with Gasteiger partial charge < -0.3 is 0 Å². The fourth-order valence-electron chi connectivity index (χ4n) is 1.50. The number of hydrogen-bond acceptors (Lipinski definition) is 2. The first-order valence-corrected chi connectivity index (χ1v) is 9.64. The summed E-state index contributed by atoms with van der Waals surface area (Å²) < 4.78 is 27.7. The van der Waals surface area contributed by atoms with Gasteiger partial charge in [0.15, 0.2) is 0 Å². The summed E-state index contributed by atoms with van der Waals surface area (Å²) in [5.41, 5.74) is 0. The zero-order valence-corrected chi connectivity index (χ0v) is 16.4. The van der Waals surface area contributed by atoms with Gasteiger partial charge in [-0.2, -0.15) is 0 Å². The Morgan fingerprint density at radius 1 is 0.789 bits per heavy atom. The molecule has 0 saturated heterocycles. The molecule has 2 aromatic carbocycles. The summed E-state index contributed by atoms with van der Waals surface area (Å²) in [4.78, 5) is 0.446. The molecule has 2 aromatic rings. The minimum Gasteiger partial charge on any atom is -0.218 e. The van der Waals surface area contributed by atoms with Gasteiger partial charge in [-0.25, -0.2) is 8.42 Å². The van der Waals surface area contributed by atoms with Gasteiger partial charge in [-0.15, -0.1) is 0 Å². The summed E-state index contributed by atoms with van der Waals surface area (Å²) in [5, 5.41) is 0. The minimum atomic E-state index is -3.60. The number of sulfone groups is 1. The average molecular weight is 534 g/mol. The van der Waals surface area contributed by atoms with Gasteiger partial charge in [0.1, 0.15) is 4.90 Å². The molecular formula is C12H6Br4O2S. The predicted molar refractivity (Wildman–Crippen MR) is 89.1 cm³/mol. The van der Waals surface area contributed by atoms with Gasteiger partial charge in [0.05, 0.1) is 13.8 Å². The Morgan fingerprint density at radius 2 is 1.26 bits per heavy atom. The molecule has 0 amide bonds. The Labute approximate surface area is 145 Å². The molecule has 0 atom stereocenters. The number of benzene rings is 2. The molecule has 0 heterocycles. The van der Waals surface area contributed by atoms with Crippen molar-refractivity contribution in [2.45, 2.75) is 9.79 Å². The largest absolute Gasteiger partial charge is 0.218 e. The van der Waals surface area contributed by atoms with Gasteiger partial charge in [0.2, 0.25) is 9.84 Å². The summed E-state index contributed by atoms with van der Waals surface area (Å²) >= 11 is 13.3. The van der Waals surface area contributed by atoms with Crippen molar-refractivity contribution in [1.29, 1.82) is 0 Å². The fraction of sp³-hybridized carbons (Fsp3) is 0. The first-order chi connectivity index (χ1) is 8.85. The zero-order chi connectivity index (χ0) is 14.2. The Hall–Kier alpha value is 0.310.